The van der Waals surface area contributed by atoms with Crippen molar-refractivity contribution < 1.29 is 10.2 Å². The molecule has 0 aliphatic rings. The lowest BCUT2D eigenvalue weighted by molar-refractivity contribution is 0.0354. The average molecular weight is 175 g/mol. The molecule has 0 heterocycles. The lowest BCUT2D eigenvalue weighted by atomic mass is 10.0. The maximum Gasteiger partial charge on any atom is 0.0664 e. The third kappa shape index (κ3) is 3.52. The summed E-state index contributed by atoms with van der Waals surface area (Å²) in [7, 11) is 1.91. The molecule has 0 radical (unpaired) electrons. The van der Waals surface area contributed by atoms with Crippen LogP contribution in [0.1, 0.15) is 27.2 Å². The molecular weight excluding hydrogens is 154 g/mol. The van der Waals surface area contributed by atoms with E-state index in [1.54, 1.807) is 0 Å². The molecule has 0 aromatic carbocycles. The van der Waals surface area contributed by atoms with Crippen LogP contribution in [0.3, 0.4) is 0 Å². The summed E-state index contributed by atoms with van der Waals surface area (Å²) in [5, 5.41) is 18.4. The van der Waals surface area contributed by atoms with Crippen LogP contribution in [0, 0.1) is 0 Å². The Morgan fingerprint density at radius 3 is 2.25 bits per heavy atom. The van der Waals surface area contributed by atoms with Crippen molar-refractivity contribution in [2.24, 2.45) is 0 Å². The van der Waals surface area contributed by atoms with Gasteiger partial charge in [0, 0.05) is 12.1 Å². The lowest BCUT2D eigenvalue weighted by Crippen LogP contribution is -2.47. The van der Waals surface area contributed by atoms with Crippen LogP contribution in [0.25, 0.3) is 0 Å². The van der Waals surface area contributed by atoms with Gasteiger partial charge in [-0.2, -0.15) is 0 Å². The minimum absolute atomic E-state index is 0.111. The number of likely N-dealkylation sites (N-methyl/N-ethyl adjacent to an activating group) is 1. The van der Waals surface area contributed by atoms with E-state index in [2.05, 4.69) is 0 Å². The van der Waals surface area contributed by atoms with Gasteiger partial charge in [0.2, 0.25) is 0 Å². The molecule has 0 aromatic rings. The second-order valence-electron chi connectivity index (χ2n) is 3.91. The van der Waals surface area contributed by atoms with Gasteiger partial charge in [-0.05, 0) is 27.3 Å². The first kappa shape index (κ1) is 11.9. The number of aliphatic hydroxyl groups is 2. The maximum atomic E-state index is 9.36. The summed E-state index contributed by atoms with van der Waals surface area (Å²) in [5.41, 5.74) is -0.240. The molecule has 0 aromatic heterocycles. The van der Waals surface area contributed by atoms with Crippen molar-refractivity contribution in [3.05, 3.63) is 0 Å². The van der Waals surface area contributed by atoms with E-state index in [9.17, 15) is 5.11 Å². The zero-order valence-electron chi connectivity index (χ0n) is 8.54. The van der Waals surface area contributed by atoms with E-state index in [4.69, 9.17) is 5.11 Å². The summed E-state index contributed by atoms with van der Waals surface area (Å²) in [6.45, 7) is 6.58. The number of rotatable bonds is 5. The fourth-order valence-corrected chi connectivity index (χ4v) is 0.813. The molecule has 1 atom stereocenters. The van der Waals surface area contributed by atoms with Gasteiger partial charge in [-0.3, -0.25) is 4.90 Å². The topological polar surface area (TPSA) is 43.7 Å². The molecule has 74 valence electrons. The van der Waals surface area contributed by atoms with E-state index in [-0.39, 0.29) is 18.2 Å². The molecule has 2 N–H and O–H groups in total. The van der Waals surface area contributed by atoms with E-state index in [1.807, 2.05) is 32.7 Å². The molecule has 0 bridgehead atoms. The van der Waals surface area contributed by atoms with Crippen LogP contribution in [-0.4, -0.2) is 47.0 Å². The number of hydrogen-bond acceptors (Lipinski definition) is 3. The monoisotopic (exact) mass is 175 g/mol. The van der Waals surface area contributed by atoms with E-state index >= 15 is 0 Å². The fourth-order valence-electron chi connectivity index (χ4n) is 0.813. The molecular formula is C9H21NO2. The van der Waals surface area contributed by atoms with Crippen molar-refractivity contribution in [2.45, 2.75) is 38.8 Å². The Hall–Kier alpha value is -0.120. The van der Waals surface area contributed by atoms with Crippen LogP contribution in [0.4, 0.5) is 0 Å². The molecule has 0 saturated heterocycles. The lowest BCUT2D eigenvalue weighted by Gasteiger charge is -2.35. The fraction of sp³-hybridized carbons (Fsp3) is 1.00. The van der Waals surface area contributed by atoms with Crippen LogP contribution < -0.4 is 0 Å². The van der Waals surface area contributed by atoms with Crippen LogP contribution in [0.5, 0.6) is 0 Å². The Kier molecular flexibility index (Phi) is 4.75. The van der Waals surface area contributed by atoms with Crippen LogP contribution in [0.15, 0.2) is 0 Å². The van der Waals surface area contributed by atoms with Crippen molar-refractivity contribution in [1.29, 1.82) is 0 Å². The molecule has 0 rings (SSSR count). The average Bonchev–Trinajstić information content (AvgIpc) is 2.04. The molecule has 0 spiro atoms. The number of β-amino-alcohol motifs (C(OH)–C–C–N with tert-alkyl or cyclic N) is 1. The maximum absolute atomic E-state index is 9.36. The van der Waals surface area contributed by atoms with E-state index in [1.165, 1.54) is 0 Å². The zero-order valence-corrected chi connectivity index (χ0v) is 8.54. The Morgan fingerprint density at radius 1 is 1.42 bits per heavy atom. The Labute approximate surface area is 75.0 Å². The van der Waals surface area contributed by atoms with Crippen LogP contribution in [0.2, 0.25) is 0 Å². The van der Waals surface area contributed by atoms with Gasteiger partial charge in [0.05, 0.1) is 12.7 Å². The Bertz CT molecular complexity index is 126. The summed E-state index contributed by atoms with van der Waals surface area (Å²) in [4.78, 5) is 1.97. The standard InChI is InChI=1S/C9H21NO2/c1-5-8(12)6-10(4)9(2,3)7-11/h8,11-12H,5-7H2,1-4H3. The van der Waals surface area contributed by atoms with Gasteiger partial charge < -0.3 is 10.2 Å². The van der Waals surface area contributed by atoms with Crippen LogP contribution in [-0.2, 0) is 0 Å². The largest absolute Gasteiger partial charge is 0.394 e. The smallest absolute Gasteiger partial charge is 0.0664 e. The highest BCUT2D eigenvalue weighted by atomic mass is 16.3. The van der Waals surface area contributed by atoms with Crippen molar-refractivity contribution in [3.63, 3.8) is 0 Å². The van der Waals surface area contributed by atoms with Crippen molar-refractivity contribution in [1.82, 2.24) is 4.90 Å². The Balaban J connectivity index is 3.93. The summed E-state index contributed by atoms with van der Waals surface area (Å²) in [6.07, 6.45) is 0.465. The van der Waals surface area contributed by atoms with Gasteiger partial charge in [-0.1, -0.05) is 6.92 Å². The Morgan fingerprint density at radius 2 is 1.92 bits per heavy atom. The van der Waals surface area contributed by atoms with Crippen LogP contribution >= 0.6 is 0 Å². The highest BCUT2D eigenvalue weighted by Gasteiger charge is 2.23. The van der Waals surface area contributed by atoms with Crippen molar-refractivity contribution in [2.75, 3.05) is 20.2 Å². The molecule has 3 heteroatoms. The van der Waals surface area contributed by atoms with Gasteiger partial charge in [-0.25, -0.2) is 0 Å². The molecule has 0 amide bonds. The molecule has 0 fully saturated rings. The first-order valence-electron chi connectivity index (χ1n) is 4.44. The minimum Gasteiger partial charge on any atom is -0.394 e. The van der Waals surface area contributed by atoms with Crippen molar-refractivity contribution in [3.8, 4) is 0 Å². The second-order valence-corrected chi connectivity index (χ2v) is 3.91. The summed E-state index contributed by atoms with van der Waals surface area (Å²) in [6, 6.07) is 0. The van der Waals surface area contributed by atoms with Gasteiger partial charge in [0.25, 0.3) is 0 Å². The highest BCUT2D eigenvalue weighted by molar-refractivity contribution is 4.79. The molecule has 0 saturated carbocycles. The van der Waals surface area contributed by atoms with E-state index < -0.39 is 0 Å². The predicted octanol–water partition coefficient (Wildman–Crippen LogP) is 0.460. The second kappa shape index (κ2) is 4.80. The third-order valence-corrected chi connectivity index (χ3v) is 2.38. The van der Waals surface area contributed by atoms with Gasteiger partial charge in [-0.15, -0.1) is 0 Å². The summed E-state index contributed by atoms with van der Waals surface area (Å²) in [5.74, 6) is 0. The van der Waals surface area contributed by atoms with E-state index in [0.29, 0.717) is 6.54 Å². The summed E-state index contributed by atoms with van der Waals surface area (Å²) >= 11 is 0. The molecule has 0 aliphatic heterocycles. The van der Waals surface area contributed by atoms with Crippen molar-refractivity contribution >= 4 is 0 Å². The molecule has 12 heavy (non-hydrogen) atoms. The summed E-state index contributed by atoms with van der Waals surface area (Å²) < 4.78 is 0. The molecule has 1 unspecified atom stereocenters. The van der Waals surface area contributed by atoms with Gasteiger partial charge in [0.1, 0.15) is 0 Å². The zero-order chi connectivity index (χ0) is 9.78. The quantitative estimate of drug-likeness (QED) is 0.638. The third-order valence-electron chi connectivity index (χ3n) is 2.38. The molecule has 0 aliphatic carbocycles. The number of hydrogen-bond donors (Lipinski definition) is 2. The molecule has 3 nitrogen and oxygen atoms in total. The highest BCUT2D eigenvalue weighted by Crippen LogP contribution is 2.11. The normalized spacial score (nSPS) is 15.2. The number of nitrogens with zero attached hydrogens (tertiary/aromatic N) is 1. The SMILES string of the molecule is CCC(O)CN(C)C(C)(C)CO. The minimum atomic E-state index is -0.291. The van der Waals surface area contributed by atoms with Gasteiger partial charge >= 0.3 is 0 Å². The van der Waals surface area contributed by atoms with Gasteiger partial charge in [0.15, 0.2) is 0 Å². The first-order valence-corrected chi connectivity index (χ1v) is 4.44. The predicted molar refractivity (Wildman–Crippen MR) is 50.1 cm³/mol. The first-order chi connectivity index (χ1) is 5.44. The number of aliphatic hydroxyl groups excluding tert-OH is 2. The van der Waals surface area contributed by atoms with E-state index in [0.717, 1.165) is 6.42 Å².